The molecule has 0 fully saturated rings. The molecule has 174 valence electrons. The van der Waals surface area contributed by atoms with Gasteiger partial charge in [0.25, 0.3) is 5.91 Å². The second kappa shape index (κ2) is 9.47. The second-order valence-corrected chi connectivity index (χ2v) is 9.08. The van der Waals surface area contributed by atoms with Crippen molar-refractivity contribution < 1.29 is 23.9 Å². The Balaban J connectivity index is 1.50. The number of para-hydroxylation sites is 1. The molecule has 0 radical (unpaired) electrons. The van der Waals surface area contributed by atoms with Crippen molar-refractivity contribution in [2.75, 3.05) is 11.9 Å². The summed E-state index contributed by atoms with van der Waals surface area (Å²) in [5.74, 6) is 0.722. The van der Waals surface area contributed by atoms with Crippen LogP contribution < -0.4 is 10.1 Å². The summed E-state index contributed by atoms with van der Waals surface area (Å²) in [6, 6.07) is 14.2. The maximum atomic E-state index is 13.0. The van der Waals surface area contributed by atoms with Gasteiger partial charge in [0.1, 0.15) is 17.3 Å². The van der Waals surface area contributed by atoms with Crippen LogP contribution in [0.4, 0.5) is 5.69 Å². The molecule has 2 aromatic carbocycles. The number of rotatable bonds is 5. The molecule has 0 saturated carbocycles. The number of allylic oxidation sites excluding steroid dienone is 4. The number of hydrogen-bond acceptors (Lipinski definition) is 5. The average Bonchev–Trinajstić information content (AvgIpc) is 2.83. The Morgan fingerprint density at radius 3 is 2.24 bits per heavy atom. The van der Waals surface area contributed by atoms with Crippen LogP contribution in [-0.4, -0.2) is 24.1 Å². The molecule has 0 unspecified atom stereocenters. The van der Waals surface area contributed by atoms with Crippen molar-refractivity contribution in [1.29, 1.82) is 0 Å². The molecule has 0 saturated heterocycles. The highest BCUT2D eigenvalue weighted by atomic mass is 35.5. The van der Waals surface area contributed by atoms with Crippen molar-refractivity contribution in [2.24, 2.45) is 0 Å². The number of benzene rings is 2. The first kappa shape index (κ1) is 22.4. The lowest BCUT2D eigenvalue weighted by Crippen LogP contribution is -2.30. The summed E-state index contributed by atoms with van der Waals surface area (Å²) in [5.41, 5.74) is 2.30. The van der Waals surface area contributed by atoms with E-state index in [0.717, 1.165) is 12.8 Å². The standard InChI is InChI=1S/C27H24ClNO5/c28-16-12-13-21(33-15-24(32)29-17-6-2-1-3-7-17)18(14-16)25-26-19(30)8-4-10-22(26)34-23-11-5-9-20(31)27(23)25/h1-3,6-7,12-14,25H,4-5,8-11,15H2,(H,29,32). The van der Waals surface area contributed by atoms with Crippen LogP contribution in [-0.2, 0) is 19.1 Å². The largest absolute Gasteiger partial charge is 0.483 e. The lowest BCUT2D eigenvalue weighted by molar-refractivity contribution is -0.119. The van der Waals surface area contributed by atoms with E-state index in [4.69, 9.17) is 21.1 Å². The number of hydrogen-bond donors (Lipinski definition) is 1. The number of carbonyl (C=O) groups is 3. The quantitative estimate of drug-likeness (QED) is 0.616. The van der Waals surface area contributed by atoms with E-state index in [1.807, 2.05) is 18.2 Å². The third-order valence-corrected chi connectivity index (χ3v) is 6.57. The minimum absolute atomic E-state index is 0.0241. The number of halogens is 1. The summed E-state index contributed by atoms with van der Waals surface area (Å²) in [6.45, 7) is -0.230. The summed E-state index contributed by atoms with van der Waals surface area (Å²) in [5, 5.41) is 3.25. The summed E-state index contributed by atoms with van der Waals surface area (Å²) in [4.78, 5) is 38.6. The van der Waals surface area contributed by atoms with Crippen LogP contribution in [0.3, 0.4) is 0 Å². The third-order valence-electron chi connectivity index (χ3n) is 6.34. The number of anilines is 1. The zero-order chi connectivity index (χ0) is 23.7. The molecule has 0 spiro atoms. The van der Waals surface area contributed by atoms with Crippen molar-refractivity contribution in [2.45, 2.75) is 44.4 Å². The average molecular weight is 478 g/mol. The van der Waals surface area contributed by atoms with Gasteiger partial charge in [0, 0.05) is 53.1 Å². The van der Waals surface area contributed by atoms with Gasteiger partial charge in [0.05, 0.1) is 5.92 Å². The summed E-state index contributed by atoms with van der Waals surface area (Å²) >= 11 is 6.36. The maximum Gasteiger partial charge on any atom is 0.262 e. The van der Waals surface area contributed by atoms with Gasteiger partial charge in [-0.3, -0.25) is 14.4 Å². The molecule has 1 heterocycles. The van der Waals surface area contributed by atoms with Gasteiger partial charge in [-0.25, -0.2) is 0 Å². The molecule has 1 amide bonds. The Labute approximate surface area is 202 Å². The van der Waals surface area contributed by atoms with Gasteiger partial charge in [-0.1, -0.05) is 29.8 Å². The van der Waals surface area contributed by atoms with Crippen LogP contribution in [0.5, 0.6) is 5.75 Å². The fourth-order valence-corrected chi connectivity index (χ4v) is 5.05. The highest BCUT2D eigenvalue weighted by molar-refractivity contribution is 6.30. The highest BCUT2D eigenvalue weighted by Gasteiger charge is 2.42. The fourth-order valence-electron chi connectivity index (χ4n) is 4.87. The first-order chi connectivity index (χ1) is 16.5. The molecular formula is C27H24ClNO5. The molecule has 0 bridgehead atoms. The highest BCUT2D eigenvalue weighted by Crippen LogP contribution is 2.50. The lowest BCUT2D eigenvalue weighted by atomic mass is 9.73. The molecule has 3 aliphatic rings. The summed E-state index contributed by atoms with van der Waals surface area (Å²) < 4.78 is 12.0. The Bertz CT molecular complexity index is 1190. The van der Waals surface area contributed by atoms with Crippen LogP contribution >= 0.6 is 11.6 Å². The monoisotopic (exact) mass is 477 g/mol. The summed E-state index contributed by atoms with van der Waals surface area (Å²) in [7, 11) is 0. The van der Waals surface area contributed by atoms with Gasteiger partial charge in [-0.2, -0.15) is 0 Å². The smallest absolute Gasteiger partial charge is 0.262 e. The Kier molecular flexibility index (Phi) is 6.24. The van der Waals surface area contributed by atoms with Gasteiger partial charge in [-0.05, 0) is 43.2 Å². The van der Waals surface area contributed by atoms with Crippen LogP contribution in [0.15, 0.2) is 71.2 Å². The SMILES string of the molecule is O=C(COc1ccc(Cl)cc1C1C2=C(CCCC2=O)OC2=C1C(=O)CCC2)Nc1ccccc1. The van der Waals surface area contributed by atoms with E-state index in [1.165, 1.54) is 0 Å². The van der Waals surface area contributed by atoms with E-state index >= 15 is 0 Å². The number of amides is 1. The molecule has 7 heteroatoms. The number of Topliss-reactive ketones (excluding diaryl/α,β-unsaturated/α-hetero) is 2. The van der Waals surface area contributed by atoms with E-state index in [0.29, 0.717) is 70.4 Å². The second-order valence-electron chi connectivity index (χ2n) is 8.65. The Morgan fingerprint density at radius 2 is 1.59 bits per heavy atom. The summed E-state index contributed by atoms with van der Waals surface area (Å²) in [6.07, 6.45) is 3.56. The van der Waals surface area contributed by atoms with E-state index < -0.39 is 5.92 Å². The zero-order valence-electron chi connectivity index (χ0n) is 18.6. The number of carbonyl (C=O) groups excluding carboxylic acids is 3. The lowest BCUT2D eigenvalue weighted by Gasteiger charge is -2.36. The molecule has 0 aromatic heterocycles. The van der Waals surface area contributed by atoms with Crippen LogP contribution in [0.2, 0.25) is 5.02 Å². The minimum atomic E-state index is -0.606. The van der Waals surface area contributed by atoms with Crippen molar-refractivity contribution in [3.8, 4) is 5.75 Å². The predicted octanol–water partition coefficient (Wildman–Crippen LogP) is 5.49. The topological polar surface area (TPSA) is 81.7 Å². The van der Waals surface area contributed by atoms with Crippen LogP contribution in [0, 0.1) is 0 Å². The van der Waals surface area contributed by atoms with Gasteiger partial charge < -0.3 is 14.8 Å². The first-order valence-corrected chi connectivity index (χ1v) is 11.9. The van der Waals surface area contributed by atoms with Crippen LogP contribution in [0.25, 0.3) is 0 Å². The van der Waals surface area contributed by atoms with Crippen molar-refractivity contribution in [3.63, 3.8) is 0 Å². The first-order valence-electron chi connectivity index (χ1n) is 11.5. The third kappa shape index (κ3) is 4.38. The molecule has 0 atom stereocenters. The van der Waals surface area contributed by atoms with Crippen molar-refractivity contribution in [3.05, 3.63) is 81.8 Å². The number of ether oxygens (including phenoxy) is 2. The minimum Gasteiger partial charge on any atom is -0.483 e. The van der Waals surface area contributed by atoms with E-state index in [1.54, 1.807) is 30.3 Å². The van der Waals surface area contributed by atoms with Crippen molar-refractivity contribution >= 4 is 34.8 Å². The normalized spacial score (nSPS) is 18.3. The molecule has 1 N–H and O–H groups in total. The van der Waals surface area contributed by atoms with Gasteiger partial charge in [0.15, 0.2) is 18.2 Å². The van der Waals surface area contributed by atoms with Crippen LogP contribution in [0.1, 0.15) is 50.0 Å². The zero-order valence-corrected chi connectivity index (χ0v) is 19.3. The molecule has 5 rings (SSSR count). The van der Waals surface area contributed by atoms with Gasteiger partial charge >= 0.3 is 0 Å². The number of ketones is 2. The molecule has 2 aromatic rings. The van der Waals surface area contributed by atoms with Gasteiger partial charge in [0.2, 0.25) is 0 Å². The van der Waals surface area contributed by atoms with E-state index in [-0.39, 0.29) is 24.1 Å². The van der Waals surface area contributed by atoms with Gasteiger partial charge in [-0.15, -0.1) is 0 Å². The molecular weight excluding hydrogens is 454 g/mol. The number of nitrogens with one attached hydrogen (secondary N) is 1. The molecule has 2 aliphatic carbocycles. The van der Waals surface area contributed by atoms with Crippen molar-refractivity contribution in [1.82, 2.24) is 0 Å². The maximum absolute atomic E-state index is 13.0. The van der Waals surface area contributed by atoms with E-state index in [2.05, 4.69) is 5.32 Å². The molecule has 34 heavy (non-hydrogen) atoms. The molecule has 6 nitrogen and oxygen atoms in total. The molecule has 1 aliphatic heterocycles. The Hall–Kier alpha value is -3.38. The fraction of sp³-hybridized carbons (Fsp3) is 0.296. The van der Waals surface area contributed by atoms with E-state index in [9.17, 15) is 14.4 Å². The Morgan fingerprint density at radius 1 is 0.941 bits per heavy atom. The predicted molar refractivity (Wildman–Crippen MR) is 128 cm³/mol.